The molecule has 0 aliphatic carbocycles. The maximum Gasteiger partial charge on any atom is 0.410 e. The summed E-state index contributed by atoms with van der Waals surface area (Å²) in [5.74, 6) is -0.393. The summed E-state index contributed by atoms with van der Waals surface area (Å²) in [6.45, 7) is 15.1. The van der Waals surface area contributed by atoms with Crippen LogP contribution >= 0.6 is 0 Å². The standard InChI is InChI=1S/C27H35NO5.CO2/c1-8-31-25(29)24(33-27(5,6)7)23-18(3)17(2)21-14-28(15-22(21)19(23)4)26(30)32-16-20-12-10-9-11-13-20;2-1-3/h9-13,24H,8,14-16H2,1-7H3;/t24-;/m0./s1. The van der Waals surface area contributed by atoms with E-state index in [0.29, 0.717) is 13.1 Å². The maximum atomic E-state index is 12.9. The van der Waals surface area contributed by atoms with Gasteiger partial charge in [0.05, 0.1) is 12.2 Å². The lowest BCUT2D eigenvalue weighted by atomic mass is 9.87. The summed E-state index contributed by atoms with van der Waals surface area (Å²) in [5, 5.41) is 0. The Hall–Kier alpha value is -3.48. The van der Waals surface area contributed by atoms with Crippen LogP contribution in [0.25, 0.3) is 0 Å². The fraction of sp³-hybridized carbons (Fsp3) is 0.464. The first-order valence-corrected chi connectivity index (χ1v) is 11.9. The average molecular weight is 498 g/mol. The van der Waals surface area contributed by atoms with Crippen LogP contribution in [-0.2, 0) is 48.3 Å². The molecule has 1 aliphatic rings. The van der Waals surface area contributed by atoms with Crippen LogP contribution in [0.1, 0.15) is 72.7 Å². The monoisotopic (exact) mass is 497 g/mol. The lowest BCUT2D eigenvalue weighted by Crippen LogP contribution is -2.30. The lowest BCUT2D eigenvalue weighted by Gasteiger charge is -2.30. The number of nitrogens with zero attached hydrogens (tertiary/aromatic N) is 1. The van der Waals surface area contributed by atoms with Gasteiger partial charge in [0, 0.05) is 13.1 Å². The molecule has 8 nitrogen and oxygen atoms in total. The van der Waals surface area contributed by atoms with Crippen LogP contribution < -0.4 is 0 Å². The average Bonchev–Trinajstić information content (AvgIpc) is 3.27. The molecule has 1 atom stereocenters. The minimum atomic E-state index is -0.826. The Morgan fingerprint density at radius 1 is 0.944 bits per heavy atom. The molecule has 1 heterocycles. The number of ether oxygens (including phenoxy) is 3. The molecule has 36 heavy (non-hydrogen) atoms. The van der Waals surface area contributed by atoms with Gasteiger partial charge in [0.15, 0.2) is 6.10 Å². The molecule has 0 saturated carbocycles. The number of esters is 1. The molecule has 3 rings (SSSR count). The first kappa shape index (κ1) is 28.8. The van der Waals surface area contributed by atoms with E-state index < -0.39 is 17.7 Å². The van der Waals surface area contributed by atoms with Crippen molar-refractivity contribution in [1.29, 1.82) is 0 Å². The van der Waals surface area contributed by atoms with Crippen LogP contribution in [0.15, 0.2) is 30.3 Å². The SMILES string of the molecule is CCOC(=O)[C@@H](OC(C)(C)C)c1c(C)c(C)c2c(c1C)CN(C(=O)OCc1ccccc1)C2.O=C=O. The van der Waals surface area contributed by atoms with Gasteiger partial charge < -0.3 is 14.2 Å². The van der Waals surface area contributed by atoms with Gasteiger partial charge in [-0.1, -0.05) is 30.3 Å². The van der Waals surface area contributed by atoms with Crippen LogP contribution in [0, 0.1) is 20.8 Å². The molecule has 1 amide bonds. The molecule has 0 fully saturated rings. The van der Waals surface area contributed by atoms with E-state index in [1.165, 1.54) is 0 Å². The van der Waals surface area contributed by atoms with Crippen molar-refractivity contribution in [3.8, 4) is 0 Å². The molecule has 0 aromatic heterocycles. The quantitative estimate of drug-likeness (QED) is 0.512. The van der Waals surface area contributed by atoms with E-state index in [2.05, 4.69) is 0 Å². The first-order valence-electron chi connectivity index (χ1n) is 11.9. The van der Waals surface area contributed by atoms with Crippen LogP contribution in [0.5, 0.6) is 0 Å². The molecule has 2 aromatic rings. The van der Waals surface area contributed by atoms with Crippen LogP contribution in [0.3, 0.4) is 0 Å². The third kappa shape index (κ3) is 7.03. The zero-order valence-electron chi connectivity index (χ0n) is 22.1. The van der Waals surface area contributed by atoms with Gasteiger partial charge in [-0.15, -0.1) is 0 Å². The fourth-order valence-electron chi connectivity index (χ4n) is 4.32. The number of fused-ring (bicyclic) bond motifs is 1. The summed E-state index contributed by atoms with van der Waals surface area (Å²) in [7, 11) is 0. The van der Waals surface area contributed by atoms with Gasteiger partial charge in [-0.3, -0.25) is 4.90 Å². The van der Waals surface area contributed by atoms with Gasteiger partial charge in [-0.05, 0) is 87.4 Å². The summed E-state index contributed by atoms with van der Waals surface area (Å²) in [4.78, 5) is 43.7. The molecule has 8 heteroatoms. The van der Waals surface area contributed by atoms with E-state index in [4.69, 9.17) is 23.8 Å². The van der Waals surface area contributed by atoms with Crippen LogP contribution in [-0.4, -0.2) is 35.3 Å². The molecule has 0 unspecified atom stereocenters. The second-order valence-electron chi connectivity index (χ2n) is 9.59. The summed E-state index contributed by atoms with van der Waals surface area (Å²) in [6, 6.07) is 9.64. The molecule has 0 N–H and O–H groups in total. The van der Waals surface area contributed by atoms with E-state index in [1.54, 1.807) is 11.8 Å². The van der Waals surface area contributed by atoms with Crippen molar-refractivity contribution in [1.82, 2.24) is 4.90 Å². The summed E-state index contributed by atoms with van der Waals surface area (Å²) >= 11 is 0. The smallest absolute Gasteiger partial charge is 0.410 e. The zero-order chi connectivity index (χ0) is 27.0. The highest BCUT2D eigenvalue weighted by Gasteiger charge is 2.36. The largest absolute Gasteiger partial charge is 0.464 e. The summed E-state index contributed by atoms with van der Waals surface area (Å²) in [6.07, 6.45) is -0.922. The molecule has 2 aromatic carbocycles. The highest BCUT2D eigenvalue weighted by molar-refractivity contribution is 5.79. The van der Waals surface area contributed by atoms with E-state index >= 15 is 0 Å². The predicted octanol–water partition coefficient (Wildman–Crippen LogP) is 5.10. The van der Waals surface area contributed by atoms with E-state index in [0.717, 1.165) is 38.9 Å². The molecule has 0 bridgehead atoms. The van der Waals surface area contributed by atoms with E-state index in [9.17, 15) is 9.59 Å². The van der Waals surface area contributed by atoms with Crippen molar-refractivity contribution in [2.24, 2.45) is 0 Å². The number of hydrogen-bond acceptors (Lipinski definition) is 7. The second kappa shape index (κ2) is 12.5. The second-order valence-corrected chi connectivity index (χ2v) is 9.59. The Kier molecular flexibility index (Phi) is 9.96. The number of benzene rings is 2. The van der Waals surface area contributed by atoms with E-state index in [1.807, 2.05) is 71.9 Å². The third-order valence-corrected chi connectivity index (χ3v) is 6.04. The molecular weight excluding hydrogens is 462 g/mol. The van der Waals surface area contributed by atoms with Gasteiger partial charge in [0.25, 0.3) is 0 Å². The lowest BCUT2D eigenvalue weighted by molar-refractivity contribution is -0.191. The van der Waals surface area contributed by atoms with Crippen LogP contribution in [0.4, 0.5) is 4.79 Å². The predicted molar refractivity (Wildman–Crippen MR) is 132 cm³/mol. The van der Waals surface area contributed by atoms with Gasteiger partial charge in [0.2, 0.25) is 0 Å². The van der Waals surface area contributed by atoms with Gasteiger partial charge >= 0.3 is 18.2 Å². The highest BCUT2D eigenvalue weighted by atomic mass is 16.6. The molecular formula is C28H35NO7. The normalized spacial score (nSPS) is 13.1. The Morgan fingerprint density at radius 3 is 2.03 bits per heavy atom. The Morgan fingerprint density at radius 2 is 1.50 bits per heavy atom. The molecule has 194 valence electrons. The van der Waals surface area contributed by atoms with Crippen LogP contribution in [0.2, 0.25) is 0 Å². The molecule has 0 saturated heterocycles. The number of hydrogen-bond donors (Lipinski definition) is 0. The van der Waals surface area contributed by atoms with Crippen molar-refractivity contribution >= 4 is 18.2 Å². The van der Waals surface area contributed by atoms with E-state index in [-0.39, 0.29) is 25.5 Å². The molecule has 0 radical (unpaired) electrons. The van der Waals surface area contributed by atoms with Crippen molar-refractivity contribution in [3.05, 3.63) is 69.3 Å². The molecule has 1 aliphatic heterocycles. The fourth-order valence-corrected chi connectivity index (χ4v) is 4.32. The minimum absolute atomic E-state index is 0.235. The Bertz CT molecular complexity index is 1110. The van der Waals surface area contributed by atoms with Crippen molar-refractivity contribution < 1.29 is 33.4 Å². The Labute approximate surface area is 212 Å². The topological polar surface area (TPSA) is 99.2 Å². The first-order chi connectivity index (χ1) is 16.9. The maximum absolute atomic E-state index is 12.9. The van der Waals surface area contributed by atoms with Gasteiger partial charge in [-0.2, -0.15) is 9.59 Å². The molecule has 0 spiro atoms. The summed E-state index contributed by atoms with van der Waals surface area (Å²) < 4.78 is 17.1. The number of carbonyl (C=O) groups excluding carboxylic acids is 4. The summed E-state index contributed by atoms with van der Waals surface area (Å²) in [5.41, 5.74) is 6.44. The number of rotatable bonds is 6. The number of carbonyl (C=O) groups is 2. The third-order valence-electron chi connectivity index (χ3n) is 6.04. The minimum Gasteiger partial charge on any atom is -0.464 e. The highest BCUT2D eigenvalue weighted by Crippen LogP contribution is 2.39. The van der Waals surface area contributed by atoms with Gasteiger partial charge in [0.1, 0.15) is 6.61 Å². The van der Waals surface area contributed by atoms with Gasteiger partial charge in [-0.25, -0.2) is 9.59 Å². The number of amides is 1. The van der Waals surface area contributed by atoms with Crippen molar-refractivity contribution in [2.45, 2.75) is 79.9 Å². The Balaban J connectivity index is 0.00000145. The van der Waals surface area contributed by atoms with Crippen molar-refractivity contribution in [2.75, 3.05) is 6.61 Å². The van der Waals surface area contributed by atoms with Crippen molar-refractivity contribution in [3.63, 3.8) is 0 Å². The zero-order valence-corrected chi connectivity index (χ0v) is 22.1.